The lowest BCUT2D eigenvalue weighted by molar-refractivity contribution is -0.137. The molecular weight excluding hydrogens is 459 g/mol. The monoisotopic (exact) mass is 483 g/mol. The van der Waals surface area contributed by atoms with Crippen molar-refractivity contribution < 1.29 is 22.8 Å². The van der Waals surface area contributed by atoms with E-state index in [2.05, 4.69) is 18.7 Å². The molecule has 1 aliphatic carbocycles. The lowest BCUT2D eigenvalue weighted by Crippen LogP contribution is -2.39. The zero-order valence-electron chi connectivity index (χ0n) is 18.9. The van der Waals surface area contributed by atoms with E-state index in [-0.39, 0.29) is 22.5 Å². The van der Waals surface area contributed by atoms with Gasteiger partial charge < -0.3 is 4.90 Å². The molecule has 3 nitrogen and oxygen atoms in total. The molecule has 2 aromatic carbocycles. The number of hydrogen-bond acceptors (Lipinski definition) is 4. The van der Waals surface area contributed by atoms with Gasteiger partial charge in [0, 0.05) is 47.0 Å². The summed E-state index contributed by atoms with van der Waals surface area (Å²) in [5.74, 6) is -0.0483. The fourth-order valence-corrected chi connectivity index (χ4v) is 6.40. The number of thioether (sulfide) groups is 1. The van der Waals surface area contributed by atoms with E-state index in [9.17, 15) is 22.8 Å². The molecule has 0 N–H and O–H groups in total. The van der Waals surface area contributed by atoms with Crippen LogP contribution in [0.5, 0.6) is 0 Å². The lowest BCUT2D eigenvalue weighted by atomic mass is 9.68. The summed E-state index contributed by atoms with van der Waals surface area (Å²) in [6.07, 6.45) is -3.34. The molecule has 0 saturated carbocycles. The van der Waals surface area contributed by atoms with Crippen molar-refractivity contribution in [3.63, 3.8) is 0 Å². The molecule has 34 heavy (non-hydrogen) atoms. The van der Waals surface area contributed by atoms with Gasteiger partial charge in [-0.25, -0.2) is 0 Å². The Kier molecular flexibility index (Phi) is 5.51. The highest BCUT2D eigenvalue weighted by Gasteiger charge is 2.47. The molecule has 5 rings (SSSR count). The van der Waals surface area contributed by atoms with Crippen molar-refractivity contribution in [2.24, 2.45) is 5.41 Å². The van der Waals surface area contributed by atoms with E-state index < -0.39 is 17.7 Å². The van der Waals surface area contributed by atoms with Gasteiger partial charge >= 0.3 is 6.18 Å². The number of Topliss-reactive ketones (excluding diaryl/α,β-unsaturated/α-hetero) is 2. The van der Waals surface area contributed by atoms with Gasteiger partial charge in [0.05, 0.1) is 10.6 Å². The maximum Gasteiger partial charge on any atom is 0.416 e. The predicted octanol–water partition coefficient (Wildman–Crippen LogP) is 6.59. The molecule has 1 saturated heterocycles. The van der Waals surface area contributed by atoms with Crippen molar-refractivity contribution in [2.75, 3.05) is 12.3 Å². The number of hydrogen-bond donors (Lipinski definition) is 0. The molecule has 0 radical (unpaired) electrons. The number of ketones is 2. The molecule has 1 atom stereocenters. The number of benzene rings is 2. The van der Waals surface area contributed by atoms with Gasteiger partial charge in [0.15, 0.2) is 11.6 Å². The summed E-state index contributed by atoms with van der Waals surface area (Å²) in [4.78, 5) is 29.5. The average molecular weight is 484 g/mol. The Labute approximate surface area is 200 Å². The van der Waals surface area contributed by atoms with Crippen molar-refractivity contribution >= 4 is 23.3 Å². The zero-order chi connectivity index (χ0) is 24.3. The highest BCUT2D eigenvalue weighted by atomic mass is 32.2. The van der Waals surface area contributed by atoms with Crippen LogP contribution in [0.15, 0.2) is 76.5 Å². The van der Waals surface area contributed by atoms with Crippen LogP contribution < -0.4 is 0 Å². The summed E-state index contributed by atoms with van der Waals surface area (Å²) in [6.45, 7) is 4.87. The molecule has 0 bridgehead atoms. The number of carbonyl (C=O) groups is 2. The van der Waals surface area contributed by atoms with Crippen LogP contribution in [0.3, 0.4) is 0 Å². The third-order valence-electron chi connectivity index (χ3n) is 6.68. The molecule has 1 fully saturated rings. The minimum Gasteiger partial charge on any atom is -0.338 e. The van der Waals surface area contributed by atoms with Gasteiger partial charge in [-0.05, 0) is 29.5 Å². The molecule has 2 aliphatic heterocycles. The van der Waals surface area contributed by atoms with Gasteiger partial charge in [0.2, 0.25) is 0 Å². The number of alkyl halides is 3. The number of nitrogens with zero attached hydrogens (tertiary/aromatic N) is 1. The molecule has 2 heterocycles. The van der Waals surface area contributed by atoms with Crippen molar-refractivity contribution in [1.29, 1.82) is 0 Å². The average Bonchev–Trinajstić information content (AvgIpc) is 3.27. The van der Waals surface area contributed by atoms with Gasteiger partial charge in [-0.1, -0.05) is 56.3 Å². The van der Waals surface area contributed by atoms with E-state index in [1.807, 2.05) is 30.3 Å². The van der Waals surface area contributed by atoms with Crippen molar-refractivity contribution in [1.82, 2.24) is 4.90 Å². The van der Waals surface area contributed by atoms with Crippen LogP contribution in [0.4, 0.5) is 13.2 Å². The molecule has 0 amide bonds. The molecule has 7 heteroatoms. The number of fused-ring (bicyclic) bond motifs is 2. The first-order valence-electron chi connectivity index (χ1n) is 11.2. The third-order valence-corrected chi connectivity index (χ3v) is 7.78. The maximum absolute atomic E-state index is 13.9. The first-order valence-corrected chi connectivity index (χ1v) is 12.2. The molecule has 0 aromatic heterocycles. The van der Waals surface area contributed by atoms with Crippen LogP contribution >= 0.6 is 11.8 Å². The number of allylic oxidation sites excluding steroid dienone is 3. The second kappa shape index (κ2) is 8.15. The molecule has 176 valence electrons. The summed E-state index contributed by atoms with van der Waals surface area (Å²) in [7, 11) is 0. The largest absolute Gasteiger partial charge is 0.416 e. The Hall–Kier alpha value is -2.80. The van der Waals surface area contributed by atoms with E-state index in [4.69, 9.17) is 0 Å². The smallest absolute Gasteiger partial charge is 0.338 e. The SMILES string of the molecule is CC1(C)CC(=O)C2=C(C1)N1CCSC1=C(C(=O)c1ccc(C(F)(F)F)cc1)C2c1ccccc1. The quantitative estimate of drug-likeness (QED) is 0.462. The van der Waals surface area contributed by atoms with Crippen molar-refractivity contribution in [3.05, 3.63) is 93.2 Å². The minimum absolute atomic E-state index is 0.0359. The molecule has 1 unspecified atom stereocenters. The summed E-state index contributed by atoms with van der Waals surface area (Å²) in [6, 6.07) is 13.8. The summed E-state index contributed by atoms with van der Waals surface area (Å²) in [5, 5.41) is 0.822. The minimum atomic E-state index is -4.47. The van der Waals surface area contributed by atoms with Crippen molar-refractivity contribution in [2.45, 2.75) is 38.8 Å². The van der Waals surface area contributed by atoms with Crippen LogP contribution in [0.1, 0.15) is 54.1 Å². The lowest BCUT2D eigenvalue weighted by Gasteiger charge is -2.43. The predicted molar refractivity (Wildman–Crippen MR) is 126 cm³/mol. The van der Waals surface area contributed by atoms with Crippen LogP contribution in [0.2, 0.25) is 0 Å². The Morgan fingerprint density at radius 2 is 1.71 bits per heavy atom. The van der Waals surface area contributed by atoms with Gasteiger partial charge in [-0.15, -0.1) is 11.8 Å². The van der Waals surface area contributed by atoms with Gasteiger partial charge in [-0.3, -0.25) is 9.59 Å². The standard InChI is InChI=1S/C27H24F3NO2S/c1-26(2)14-19-22(20(32)15-26)21(16-6-4-3-5-7-16)23(25-31(19)12-13-34-25)24(33)17-8-10-18(11-9-17)27(28,29)30/h3-11,21H,12-15H2,1-2H3. The van der Waals surface area contributed by atoms with Crippen LogP contribution in [0.25, 0.3) is 0 Å². The van der Waals surface area contributed by atoms with Crippen LogP contribution in [-0.4, -0.2) is 28.8 Å². The topological polar surface area (TPSA) is 37.4 Å². The van der Waals surface area contributed by atoms with Gasteiger partial charge in [-0.2, -0.15) is 13.2 Å². The van der Waals surface area contributed by atoms with Crippen LogP contribution in [0, 0.1) is 5.41 Å². The van der Waals surface area contributed by atoms with E-state index >= 15 is 0 Å². The third kappa shape index (κ3) is 3.90. The summed E-state index contributed by atoms with van der Waals surface area (Å²) in [5.41, 5.74) is 2.20. The highest BCUT2D eigenvalue weighted by molar-refractivity contribution is 8.03. The fraction of sp³-hybridized carbons (Fsp3) is 0.333. The van der Waals surface area contributed by atoms with Crippen LogP contribution in [-0.2, 0) is 11.0 Å². The van der Waals surface area contributed by atoms with E-state index in [1.54, 1.807) is 11.8 Å². The zero-order valence-corrected chi connectivity index (χ0v) is 19.7. The first kappa shape index (κ1) is 23.0. The van der Waals surface area contributed by atoms with Gasteiger partial charge in [0.1, 0.15) is 0 Å². The highest BCUT2D eigenvalue weighted by Crippen LogP contribution is 2.54. The molecular formula is C27H24F3NO2S. The molecule has 0 spiro atoms. The van der Waals surface area contributed by atoms with E-state index in [0.29, 0.717) is 24.1 Å². The Balaban J connectivity index is 1.68. The van der Waals surface area contributed by atoms with Crippen molar-refractivity contribution in [3.8, 4) is 0 Å². The van der Waals surface area contributed by atoms with E-state index in [0.717, 1.165) is 40.6 Å². The van der Waals surface area contributed by atoms with Gasteiger partial charge in [0.25, 0.3) is 0 Å². The Bertz CT molecular complexity index is 1230. The first-order chi connectivity index (χ1) is 16.1. The second-order valence-electron chi connectivity index (χ2n) is 9.77. The maximum atomic E-state index is 13.9. The molecule has 3 aliphatic rings. The number of rotatable bonds is 3. The number of halogens is 3. The normalized spacial score (nSPS) is 22.1. The summed E-state index contributed by atoms with van der Waals surface area (Å²) >= 11 is 1.58. The number of carbonyl (C=O) groups excluding carboxylic acids is 2. The van der Waals surface area contributed by atoms with E-state index in [1.165, 1.54) is 12.1 Å². The Morgan fingerprint density at radius 3 is 2.35 bits per heavy atom. The second-order valence-corrected chi connectivity index (χ2v) is 10.9. The Morgan fingerprint density at radius 1 is 1.03 bits per heavy atom. The summed E-state index contributed by atoms with van der Waals surface area (Å²) < 4.78 is 39.2. The fourth-order valence-electron chi connectivity index (χ4n) is 5.20. The molecule has 2 aromatic rings.